The summed E-state index contributed by atoms with van der Waals surface area (Å²) in [5, 5.41) is 9.26. The average Bonchev–Trinajstić information content (AvgIpc) is 2.52. The van der Waals surface area contributed by atoms with E-state index < -0.39 is 0 Å². The minimum Gasteiger partial charge on any atom is -0.448 e. The van der Waals surface area contributed by atoms with E-state index >= 15 is 0 Å². The van der Waals surface area contributed by atoms with Crippen LogP contribution in [0.5, 0.6) is 0 Å². The molecule has 1 N–H and O–H groups in total. The van der Waals surface area contributed by atoms with Crippen molar-refractivity contribution in [3.63, 3.8) is 0 Å². The fourth-order valence-electron chi connectivity index (χ4n) is 1.35. The van der Waals surface area contributed by atoms with E-state index in [1.807, 2.05) is 6.92 Å². The Kier molecular flexibility index (Phi) is 4.02. The Morgan fingerprint density at radius 1 is 1.69 bits per heavy atom. The molecule has 4 heteroatoms. The van der Waals surface area contributed by atoms with E-state index in [0.717, 1.165) is 19.3 Å². The molecular formula is C9H17NO3. The van der Waals surface area contributed by atoms with Gasteiger partial charge in [0.25, 0.3) is 0 Å². The van der Waals surface area contributed by atoms with E-state index in [9.17, 15) is 9.90 Å². The zero-order valence-electron chi connectivity index (χ0n) is 8.03. The van der Waals surface area contributed by atoms with Gasteiger partial charge in [-0.25, -0.2) is 4.79 Å². The van der Waals surface area contributed by atoms with Gasteiger partial charge in [-0.3, -0.25) is 0 Å². The summed E-state index contributed by atoms with van der Waals surface area (Å²) < 4.78 is 4.77. The Labute approximate surface area is 78.5 Å². The lowest BCUT2D eigenvalue weighted by atomic mass is 10.1. The second kappa shape index (κ2) is 5.07. The monoisotopic (exact) mass is 187 g/mol. The molecule has 0 radical (unpaired) electrons. The fourth-order valence-corrected chi connectivity index (χ4v) is 1.35. The minimum absolute atomic E-state index is 0.217. The fraction of sp³-hybridized carbons (Fsp3) is 0.889. The molecule has 0 spiro atoms. The van der Waals surface area contributed by atoms with E-state index in [0.29, 0.717) is 19.7 Å². The van der Waals surface area contributed by atoms with Crippen molar-refractivity contribution in [2.24, 2.45) is 0 Å². The highest BCUT2D eigenvalue weighted by Gasteiger charge is 2.20. The first-order chi connectivity index (χ1) is 6.24. The smallest absolute Gasteiger partial charge is 0.409 e. The van der Waals surface area contributed by atoms with Crippen molar-refractivity contribution in [3.8, 4) is 0 Å². The molecule has 76 valence electrons. The van der Waals surface area contributed by atoms with Crippen LogP contribution in [0, 0.1) is 0 Å². The van der Waals surface area contributed by atoms with E-state index in [4.69, 9.17) is 4.74 Å². The number of cyclic esters (lactones) is 1. The molecule has 0 aromatic heterocycles. The predicted octanol–water partition coefficient (Wildman–Crippen LogP) is 0.990. The third kappa shape index (κ3) is 3.22. The van der Waals surface area contributed by atoms with E-state index in [-0.39, 0.29) is 12.2 Å². The topological polar surface area (TPSA) is 49.8 Å². The van der Waals surface area contributed by atoms with Crippen molar-refractivity contribution in [2.75, 3.05) is 19.7 Å². The maximum atomic E-state index is 11.0. The largest absolute Gasteiger partial charge is 0.448 e. The van der Waals surface area contributed by atoms with Crippen molar-refractivity contribution in [2.45, 2.75) is 32.3 Å². The molecule has 1 fully saturated rings. The van der Waals surface area contributed by atoms with Crippen molar-refractivity contribution >= 4 is 6.09 Å². The van der Waals surface area contributed by atoms with Crippen molar-refractivity contribution in [1.82, 2.24) is 4.90 Å². The first-order valence-electron chi connectivity index (χ1n) is 4.83. The third-order valence-electron chi connectivity index (χ3n) is 2.28. The zero-order valence-corrected chi connectivity index (χ0v) is 8.03. The molecule has 1 aliphatic heterocycles. The van der Waals surface area contributed by atoms with E-state index in [2.05, 4.69) is 0 Å². The van der Waals surface area contributed by atoms with Gasteiger partial charge in [-0.15, -0.1) is 0 Å². The molecule has 1 amide bonds. The number of ether oxygens (including phenoxy) is 1. The van der Waals surface area contributed by atoms with Gasteiger partial charge in [-0.2, -0.15) is 0 Å². The Morgan fingerprint density at radius 3 is 3.00 bits per heavy atom. The molecule has 1 unspecified atom stereocenters. The van der Waals surface area contributed by atoms with Gasteiger partial charge in [0, 0.05) is 6.54 Å². The summed E-state index contributed by atoms with van der Waals surface area (Å²) in [6.07, 6.45) is 1.96. The molecule has 4 nitrogen and oxygen atoms in total. The van der Waals surface area contributed by atoms with Crippen molar-refractivity contribution in [1.29, 1.82) is 0 Å². The van der Waals surface area contributed by atoms with Gasteiger partial charge >= 0.3 is 6.09 Å². The van der Waals surface area contributed by atoms with Gasteiger partial charge < -0.3 is 14.7 Å². The Hall–Kier alpha value is -0.770. The Morgan fingerprint density at radius 2 is 2.46 bits per heavy atom. The average molecular weight is 187 g/mol. The number of aliphatic hydroxyl groups is 1. The summed E-state index contributed by atoms with van der Waals surface area (Å²) in [5.74, 6) is 0. The highest BCUT2D eigenvalue weighted by Crippen LogP contribution is 2.07. The normalized spacial score (nSPS) is 18.9. The summed E-state index contributed by atoms with van der Waals surface area (Å²) in [7, 11) is 0. The molecule has 1 heterocycles. The van der Waals surface area contributed by atoms with Crippen LogP contribution in [0.4, 0.5) is 4.79 Å². The van der Waals surface area contributed by atoms with Crippen LogP contribution in [0.15, 0.2) is 0 Å². The van der Waals surface area contributed by atoms with Gasteiger partial charge in [0.05, 0.1) is 12.6 Å². The van der Waals surface area contributed by atoms with Crippen molar-refractivity contribution in [3.05, 3.63) is 0 Å². The summed E-state index contributed by atoms with van der Waals surface area (Å²) in [4.78, 5) is 12.6. The summed E-state index contributed by atoms with van der Waals surface area (Å²) >= 11 is 0. The third-order valence-corrected chi connectivity index (χ3v) is 2.28. The molecule has 0 aromatic rings. The highest BCUT2D eigenvalue weighted by molar-refractivity contribution is 5.69. The molecular weight excluding hydrogens is 170 g/mol. The van der Waals surface area contributed by atoms with Crippen LogP contribution in [0.25, 0.3) is 0 Å². The van der Waals surface area contributed by atoms with Crippen LogP contribution in [0.3, 0.4) is 0 Å². The molecule has 0 saturated carbocycles. The lowest BCUT2D eigenvalue weighted by Gasteiger charge is -2.13. The molecule has 0 aromatic carbocycles. The number of carbonyl (C=O) groups excluding carboxylic acids is 1. The second-order valence-electron chi connectivity index (χ2n) is 3.31. The number of hydrogen-bond acceptors (Lipinski definition) is 3. The predicted molar refractivity (Wildman–Crippen MR) is 48.5 cm³/mol. The lowest BCUT2D eigenvalue weighted by Crippen LogP contribution is -2.26. The van der Waals surface area contributed by atoms with Gasteiger partial charge in [-0.05, 0) is 19.3 Å². The molecule has 13 heavy (non-hydrogen) atoms. The number of hydrogen-bond donors (Lipinski definition) is 1. The maximum Gasteiger partial charge on any atom is 0.409 e. The highest BCUT2D eigenvalue weighted by atomic mass is 16.6. The van der Waals surface area contributed by atoms with Gasteiger partial charge in [0.15, 0.2) is 0 Å². The second-order valence-corrected chi connectivity index (χ2v) is 3.31. The van der Waals surface area contributed by atoms with Crippen LogP contribution >= 0.6 is 0 Å². The summed E-state index contributed by atoms with van der Waals surface area (Å²) in [6, 6.07) is 0. The molecule has 1 atom stereocenters. The quantitative estimate of drug-likeness (QED) is 0.698. The van der Waals surface area contributed by atoms with Crippen LogP contribution in [-0.4, -0.2) is 41.9 Å². The lowest BCUT2D eigenvalue weighted by molar-refractivity contribution is 0.144. The van der Waals surface area contributed by atoms with Crippen LogP contribution < -0.4 is 0 Å². The van der Waals surface area contributed by atoms with Gasteiger partial charge in [0.1, 0.15) is 6.61 Å². The number of amides is 1. The standard InChI is InChI=1S/C9H17NO3/c1-2-8(11)4-3-5-10-6-7-13-9(10)12/h8,11H,2-7H2,1H3. The van der Waals surface area contributed by atoms with Crippen LogP contribution in [0.2, 0.25) is 0 Å². The van der Waals surface area contributed by atoms with E-state index in [1.54, 1.807) is 4.90 Å². The Bertz CT molecular complexity index is 172. The summed E-state index contributed by atoms with van der Waals surface area (Å²) in [6.45, 7) is 3.86. The first kappa shape index (κ1) is 10.3. The van der Waals surface area contributed by atoms with Gasteiger partial charge in [0.2, 0.25) is 0 Å². The minimum atomic E-state index is -0.223. The molecule has 0 aliphatic carbocycles. The zero-order chi connectivity index (χ0) is 9.68. The van der Waals surface area contributed by atoms with Gasteiger partial charge in [-0.1, -0.05) is 6.92 Å². The van der Waals surface area contributed by atoms with Crippen LogP contribution in [-0.2, 0) is 4.74 Å². The molecule has 0 bridgehead atoms. The molecule has 1 rings (SSSR count). The van der Waals surface area contributed by atoms with Crippen LogP contribution in [0.1, 0.15) is 26.2 Å². The molecule has 1 aliphatic rings. The number of aliphatic hydroxyl groups excluding tert-OH is 1. The van der Waals surface area contributed by atoms with E-state index in [1.165, 1.54) is 0 Å². The number of rotatable bonds is 5. The Balaban J connectivity index is 2.08. The molecule has 1 saturated heterocycles. The number of nitrogens with zero attached hydrogens (tertiary/aromatic N) is 1. The van der Waals surface area contributed by atoms with Crippen molar-refractivity contribution < 1.29 is 14.6 Å². The summed E-state index contributed by atoms with van der Waals surface area (Å²) in [5.41, 5.74) is 0. The number of carbonyl (C=O) groups is 1. The SMILES string of the molecule is CCC(O)CCCN1CCOC1=O. The maximum absolute atomic E-state index is 11.0. The first-order valence-corrected chi connectivity index (χ1v) is 4.83.